The summed E-state index contributed by atoms with van der Waals surface area (Å²) in [6.45, 7) is 6.07. The smallest absolute Gasteiger partial charge is 0.234 e. The monoisotopic (exact) mass is 403 g/mol. The van der Waals surface area contributed by atoms with Crippen LogP contribution in [0.4, 0.5) is 5.69 Å². The van der Waals surface area contributed by atoms with Crippen molar-refractivity contribution in [3.8, 4) is 11.3 Å². The topological polar surface area (TPSA) is 72.2 Å². The molecule has 4 rings (SSSR count). The first-order valence-electron chi connectivity index (χ1n) is 9.29. The molecule has 2 heterocycles. The van der Waals surface area contributed by atoms with Crippen LogP contribution < -0.4 is 5.32 Å². The van der Waals surface area contributed by atoms with Crippen LogP contribution in [0.5, 0.6) is 0 Å². The number of carbonyl (C=O) groups excluding carboxylic acids is 1. The number of thioether (sulfide) groups is 1. The van der Waals surface area contributed by atoms with Gasteiger partial charge in [-0.05, 0) is 44.5 Å². The quantitative estimate of drug-likeness (QED) is 0.499. The molecule has 0 aliphatic rings. The van der Waals surface area contributed by atoms with Crippen molar-refractivity contribution in [2.45, 2.75) is 25.9 Å². The van der Waals surface area contributed by atoms with Crippen molar-refractivity contribution >= 4 is 29.0 Å². The van der Waals surface area contributed by atoms with Crippen LogP contribution in [-0.2, 0) is 4.79 Å². The van der Waals surface area contributed by atoms with Gasteiger partial charge in [-0.25, -0.2) is 0 Å². The number of nitrogens with zero attached hydrogens (tertiary/aromatic N) is 4. The number of nitrogens with one attached hydrogen (secondary N) is 1. The lowest BCUT2D eigenvalue weighted by Gasteiger charge is -2.08. The molecular weight excluding hydrogens is 382 g/mol. The number of benzene rings is 2. The molecule has 29 heavy (non-hydrogen) atoms. The molecule has 2 aromatic carbocycles. The largest absolute Gasteiger partial charge is 0.325 e. The zero-order valence-electron chi connectivity index (χ0n) is 16.5. The summed E-state index contributed by atoms with van der Waals surface area (Å²) in [6, 6.07) is 18.0. The lowest BCUT2D eigenvalue weighted by atomic mass is 10.1. The van der Waals surface area contributed by atoms with Crippen LogP contribution in [0.25, 0.3) is 16.9 Å². The number of fused-ring (bicyclic) bond motifs is 1. The Kier molecular flexibility index (Phi) is 5.31. The highest BCUT2D eigenvalue weighted by Crippen LogP contribution is 2.22. The van der Waals surface area contributed by atoms with E-state index in [4.69, 9.17) is 0 Å². The number of anilines is 1. The first kappa shape index (κ1) is 19.1. The van der Waals surface area contributed by atoms with Crippen molar-refractivity contribution in [1.29, 1.82) is 0 Å². The molecule has 0 fully saturated rings. The molecule has 0 unspecified atom stereocenters. The Morgan fingerprint density at radius 3 is 2.48 bits per heavy atom. The summed E-state index contributed by atoms with van der Waals surface area (Å²) in [5.74, 6) is 0.137. The number of aryl methyl sites for hydroxylation is 3. The molecule has 0 aliphatic heterocycles. The summed E-state index contributed by atoms with van der Waals surface area (Å²) in [5, 5.41) is 16.5. The molecule has 0 aliphatic carbocycles. The summed E-state index contributed by atoms with van der Waals surface area (Å²) in [5.41, 5.74) is 6.74. The fourth-order valence-corrected chi connectivity index (χ4v) is 3.70. The Bertz CT molecular complexity index is 1180. The normalized spacial score (nSPS) is 11.0. The van der Waals surface area contributed by atoms with Crippen LogP contribution in [0.2, 0.25) is 0 Å². The van der Waals surface area contributed by atoms with Crippen LogP contribution in [0, 0.1) is 20.8 Å². The maximum absolute atomic E-state index is 12.4. The molecule has 0 saturated heterocycles. The summed E-state index contributed by atoms with van der Waals surface area (Å²) in [6.07, 6.45) is 0. The van der Waals surface area contributed by atoms with Gasteiger partial charge < -0.3 is 5.32 Å². The highest BCUT2D eigenvalue weighted by Gasteiger charge is 2.12. The molecule has 6 nitrogen and oxygen atoms in total. The highest BCUT2D eigenvalue weighted by molar-refractivity contribution is 7.99. The van der Waals surface area contributed by atoms with E-state index in [0.29, 0.717) is 10.8 Å². The van der Waals surface area contributed by atoms with Crippen molar-refractivity contribution in [2.75, 3.05) is 11.1 Å². The minimum absolute atomic E-state index is 0.0895. The summed E-state index contributed by atoms with van der Waals surface area (Å²) in [4.78, 5) is 12.4. The first-order valence-corrected chi connectivity index (χ1v) is 10.3. The molecule has 0 saturated carbocycles. The van der Waals surface area contributed by atoms with Crippen molar-refractivity contribution in [3.05, 3.63) is 71.3 Å². The van der Waals surface area contributed by atoms with Gasteiger partial charge >= 0.3 is 0 Å². The van der Waals surface area contributed by atoms with Gasteiger partial charge in [0.05, 0.1) is 11.4 Å². The fraction of sp³-hybridized carbons (Fsp3) is 0.182. The standard InChI is InChI=1S/C22H21N5OS/c1-14-4-7-17(8-5-14)19-10-11-20-24-25-22(27(20)26-19)29-13-21(28)23-18-9-6-15(2)12-16(18)3/h4-12H,13H2,1-3H3,(H,23,28). The Labute approximate surface area is 173 Å². The molecule has 146 valence electrons. The third-order valence-corrected chi connectivity index (χ3v) is 5.49. The Morgan fingerprint density at radius 1 is 0.966 bits per heavy atom. The van der Waals surface area contributed by atoms with Gasteiger partial charge in [-0.2, -0.15) is 9.61 Å². The molecule has 2 aromatic heterocycles. The molecule has 0 spiro atoms. The number of rotatable bonds is 5. The molecule has 4 aromatic rings. The van der Waals surface area contributed by atoms with Gasteiger partial charge in [0.25, 0.3) is 0 Å². The summed E-state index contributed by atoms with van der Waals surface area (Å²) >= 11 is 1.31. The van der Waals surface area contributed by atoms with E-state index in [0.717, 1.165) is 22.5 Å². The predicted octanol–water partition coefficient (Wildman–Crippen LogP) is 4.45. The lowest BCUT2D eigenvalue weighted by molar-refractivity contribution is -0.113. The summed E-state index contributed by atoms with van der Waals surface area (Å²) < 4.78 is 1.68. The number of hydrogen-bond donors (Lipinski definition) is 1. The molecule has 1 N–H and O–H groups in total. The number of hydrogen-bond acceptors (Lipinski definition) is 5. The molecule has 0 bridgehead atoms. The zero-order valence-corrected chi connectivity index (χ0v) is 17.3. The average molecular weight is 404 g/mol. The first-order chi connectivity index (χ1) is 14.0. The van der Waals surface area contributed by atoms with Crippen molar-refractivity contribution in [1.82, 2.24) is 19.8 Å². The Hall–Kier alpha value is -3.19. The molecule has 7 heteroatoms. The third-order valence-electron chi connectivity index (χ3n) is 4.57. The maximum Gasteiger partial charge on any atom is 0.234 e. The van der Waals surface area contributed by atoms with Crippen LogP contribution in [-0.4, -0.2) is 31.5 Å². The van der Waals surface area contributed by atoms with Crippen LogP contribution >= 0.6 is 11.8 Å². The minimum Gasteiger partial charge on any atom is -0.325 e. The zero-order chi connectivity index (χ0) is 20.4. The lowest BCUT2D eigenvalue weighted by Crippen LogP contribution is -2.15. The average Bonchev–Trinajstić information content (AvgIpc) is 3.11. The number of carbonyl (C=O) groups is 1. The molecule has 0 atom stereocenters. The SMILES string of the molecule is Cc1ccc(-c2ccc3nnc(SCC(=O)Nc4ccc(C)cc4C)n3n2)cc1. The van der Waals surface area contributed by atoms with Gasteiger partial charge in [0.2, 0.25) is 11.1 Å². The van der Waals surface area contributed by atoms with Gasteiger partial charge in [0, 0.05) is 11.3 Å². The van der Waals surface area contributed by atoms with E-state index in [2.05, 4.69) is 39.7 Å². The van der Waals surface area contributed by atoms with E-state index in [1.165, 1.54) is 22.9 Å². The van der Waals surface area contributed by atoms with Gasteiger partial charge in [-0.15, -0.1) is 10.2 Å². The Balaban J connectivity index is 1.49. The van der Waals surface area contributed by atoms with E-state index < -0.39 is 0 Å². The van der Waals surface area contributed by atoms with Gasteiger partial charge in [0.1, 0.15) is 0 Å². The van der Waals surface area contributed by atoms with Gasteiger partial charge in [0.15, 0.2) is 5.65 Å². The number of aromatic nitrogens is 4. The molecule has 1 amide bonds. The predicted molar refractivity (Wildman–Crippen MR) is 116 cm³/mol. The highest BCUT2D eigenvalue weighted by atomic mass is 32.2. The van der Waals surface area contributed by atoms with E-state index in [1.807, 2.05) is 56.3 Å². The molecule has 0 radical (unpaired) electrons. The Morgan fingerprint density at radius 2 is 1.72 bits per heavy atom. The van der Waals surface area contributed by atoms with Crippen molar-refractivity contribution in [3.63, 3.8) is 0 Å². The number of amides is 1. The minimum atomic E-state index is -0.0895. The molecular formula is C22H21N5OS. The fourth-order valence-electron chi connectivity index (χ4n) is 3.01. The maximum atomic E-state index is 12.4. The van der Waals surface area contributed by atoms with Crippen molar-refractivity contribution < 1.29 is 4.79 Å². The third kappa shape index (κ3) is 4.30. The van der Waals surface area contributed by atoms with Gasteiger partial charge in [-0.3, -0.25) is 4.79 Å². The summed E-state index contributed by atoms with van der Waals surface area (Å²) in [7, 11) is 0. The van der Waals surface area contributed by atoms with Crippen molar-refractivity contribution in [2.24, 2.45) is 0 Å². The van der Waals surface area contributed by atoms with Crippen LogP contribution in [0.3, 0.4) is 0 Å². The van der Waals surface area contributed by atoms with Gasteiger partial charge in [-0.1, -0.05) is 59.3 Å². The van der Waals surface area contributed by atoms with E-state index >= 15 is 0 Å². The van der Waals surface area contributed by atoms with E-state index in [-0.39, 0.29) is 11.7 Å². The van der Waals surface area contributed by atoms with E-state index in [1.54, 1.807) is 4.52 Å². The van der Waals surface area contributed by atoms with Crippen LogP contribution in [0.15, 0.2) is 59.8 Å². The second-order valence-corrected chi connectivity index (χ2v) is 7.93. The van der Waals surface area contributed by atoms with Crippen LogP contribution in [0.1, 0.15) is 16.7 Å². The van der Waals surface area contributed by atoms with E-state index in [9.17, 15) is 4.79 Å². The second kappa shape index (κ2) is 8.05. The second-order valence-electron chi connectivity index (χ2n) is 6.99.